The third-order valence-electron chi connectivity index (χ3n) is 9.41. The molecule has 0 radical (unpaired) electrons. The molecule has 49 heavy (non-hydrogen) atoms. The maximum Gasteiger partial charge on any atom is 0.227 e. The van der Waals surface area contributed by atoms with Gasteiger partial charge in [-0.1, -0.05) is 97.1 Å². The van der Waals surface area contributed by atoms with Gasteiger partial charge in [-0.2, -0.15) is 0 Å². The average molecular weight is 645 g/mol. The molecule has 0 bridgehead atoms. The fourth-order valence-corrected chi connectivity index (χ4v) is 8.24. The summed E-state index contributed by atoms with van der Waals surface area (Å²) in [6, 6.07) is 60.5. The lowest BCUT2D eigenvalue weighted by Crippen LogP contribution is -2.10. The second-order valence-corrected chi connectivity index (χ2v) is 13.5. The van der Waals surface area contributed by atoms with Gasteiger partial charge in [-0.3, -0.25) is 0 Å². The molecule has 0 fully saturated rings. The molecule has 0 saturated carbocycles. The number of hydrogen-bond donors (Lipinski definition) is 0. The number of aromatic nitrogens is 1. The van der Waals surface area contributed by atoms with Gasteiger partial charge in [-0.05, 0) is 105 Å². The molecule has 8 aromatic carbocycles. The predicted octanol–water partition coefficient (Wildman–Crippen LogP) is 13.3. The molecule has 2 heterocycles. The molecule has 10 rings (SSSR count). The van der Waals surface area contributed by atoms with E-state index in [1.54, 1.807) is 0 Å². The number of fused-ring (bicyclic) bond motifs is 6. The van der Waals surface area contributed by atoms with Crippen molar-refractivity contribution in [2.24, 2.45) is 0 Å². The first kappa shape index (κ1) is 27.8. The molecular weight excluding hydrogens is 617 g/mol. The molecule has 230 valence electrons. The van der Waals surface area contributed by atoms with Crippen LogP contribution < -0.4 is 4.90 Å². The molecule has 0 aliphatic heterocycles. The Balaban J connectivity index is 1.25. The Morgan fingerprint density at radius 2 is 1.16 bits per heavy atom. The number of para-hydroxylation sites is 1. The van der Waals surface area contributed by atoms with Gasteiger partial charge in [0.25, 0.3) is 0 Å². The van der Waals surface area contributed by atoms with Crippen molar-refractivity contribution in [3.63, 3.8) is 0 Å². The zero-order valence-electron chi connectivity index (χ0n) is 26.4. The number of anilines is 3. The summed E-state index contributed by atoms with van der Waals surface area (Å²) in [6.45, 7) is 0. The Morgan fingerprint density at radius 3 is 1.96 bits per heavy atom. The highest BCUT2D eigenvalue weighted by atomic mass is 32.1. The monoisotopic (exact) mass is 644 g/mol. The number of oxazole rings is 1. The fraction of sp³-hybridized carbons (Fsp3) is 0. The summed E-state index contributed by atoms with van der Waals surface area (Å²) < 4.78 is 8.70. The summed E-state index contributed by atoms with van der Waals surface area (Å²) in [5, 5.41) is 7.44. The standard InChI is InChI=1S/C45H28N2OS/c1-3-12-30(13-4-1)45-46-39-25-34(20-22-41(39)48-45)35-26-40(44-38-24-32-15-9-10-16-33(32)27-42(38)49-43(44)28-35)47(36-17-5-2-6-18-36)37-21-19-29-11-7-8-14-31(29)23-37/h1-28H. The molecule has 4 heteroatoms. The first-order valence-corrected chi connectivity index (χ1v) is 17.3. The van der Waals surface area contributed by atoms with Crippen LogP contribution in [0.25, 0.3) is 75.4 Å². The van der Waals surface area contributed by atoms with Crippen LogP contribution in [0.2, 0.25) is 0 Å². The lowest BCUT2D eigenvalue weighted by Gasteiger charge is -2.27. The number of thiophene rings is 1. The first-order chi connectivity index (χ1) is 24.2. The molecule has 0 aliphatic rings. The number of hydrogen-bond acceptors (Lipinski definition) is 4. The van der Waals surface area contributed by atoms with Crippen molar-refractivity contribution in [1.82, 2.24) is 4.98 Å². The van der Waals surface area contributed by atoms with E-state index in [1.165, 1.54) is 41.7 Å². The molecule has 0 aliphatic carbocycles. The van der Waals surface area contributed by atoms with Crippen molar-refractivity contribution < 1.29 is 4.42 Å². The van der Waals surface area contributed by atoms with Gasteiger partial charge in [-0.25, -0.2) is 4.98 Å². The largest absolute Gasteiger partial charge is 0.436 e. The van der Waals surface area contributed by atoms with E-state index in [2.05, 4.69) is 138 Å². The van der Waals surface area contributed by atoms with E-state index in [0.717, 1.165) is 44.9 Å². The highest BCUT2D eigenvalue weighted by Gasteiger charge is 2.21. The maximum atomic E-state index is 6.19. The minimum absolute atomic E-state index is 0.632. The van der Waals surface area contributed by atoms with Gasteiger partial charge in [-0.15, -0.1) is 11.3 Å². The fourth-order valence-electron chi connectivity index (χ4n) is 7.04. The van der Waals surface area contributed by atoms with E-state index in [1.807, 2.05) is 47.7 Å². The lowest BCUT2D eigenvalue weighted by molar-refractivity contribution is 0.620. The Labute approximate surface area is 286 Å². The zero-order valence-corrected chi connectivity index (χ0v) is 27.2. The summed E-state index contributed by atoms with van der Waals surface area (Å²) in [6.07, 6.45) is 0. The normalized spacial score (nSPS) is 11.7. The Kier molecular flexibility index (Phi) is 6.36. The van der Waals surface area contributed by atoms with Gasteiger partial charge in [0.1, 0.15) is 5.52 Å². The molecule has 10 aromatic rings. The molecule has 0 atom stereocenters. The van der Waals surface area contributed by atoms with E-state index in [9.17, 15) is 0 Å². The van der Waals surface area contributed by atoms with Gasteiger partial charge in [0, 0.05) is 37.1 Å². The van der Waals surface area contributed by atoms with Gasteiger partial charge in [0.05, 0.1) is 5.69 Å². The second-order valence-electron chi connectivity index (χ2n) is 12.4. The SMILES string of the molecule is c1ccc(-c2nc3cc(-c4cc(N(c5ccccc5)c5ccc6ccccc6c5)c5c(c4)sc4cc6ccccc6cc45)ccc3o2)cc1. The summed E-state index contributed by atoms with van der Waals surface area (Å²) in [4.78, 5) is 7.32. The van der Waals surface area contributed by atoms with Crippen molar-refractivity contribution >= 4 is 81.2 Å². The quantitative estimate of drug-likeness (QED) is 0.187. The van der Waals surface area contributed by atoms with Crippen LogP contribution in [0.4, 0.5) is 17.1 Å². The van der Waals surface area contributed by atoms with Crippen LogP contribution in [-0.2, 0) is 0 Å². The number of rotatable bonds is 5. The lowest BCUT2D eigenvalue weighted by atomic mass is 9.99. The predicted molar refractivity (Wildman–Crippen MR) is 207 cm³/mol. The molecule has 2 aromatic heterocycles. The molecule has 3 nitrogen and oxygen atoms in total. The van der Waals surface area contributed by atoms with Gasteiger partial charge < -0.3 is 9.32 Å². The van der Waals surface area contributed by atoms with Crippen LogP contribution in [0, 0.1) is 0 Å². The molecule has 0 spiro atoms. The Hall–Kier alpha value is -6.23. The molecule has 0 amide bonds. The van der Waals surface area contributed by atoms with Gasteiger partial charge in [0.15, 0.2) is 5.58 Å². The van der Waals surface area contributed by atoms with E-state index in [-0.39, 0.29) is 0 Å². The average Bonchev–Trinajstić information content (AvgIpc) is 3.75. The summed E-state index contributed by atoms with van der Waals surface area (Å²) >= 11 is 1.85. The number of nitrogens with zero attached hydrogens (tertiary/aromatic N) is 2. The summed E-state index contributed by atoms with van der Waals surface area (Å²) in [7, 11) is 0. The van der Waals surface area contributed by atoms with E-state index in [4.69, 9.17) is 9.40 Å². The zero-order chi connectivity index (χ0) is 32.3. The third-order valence-corrected chi connectivity index (χ3v) is 10.5. The summed E-state index contributed by atoms with van der Waals surface area (Å²) in [5.74, 6) is 0.632. The Bertz CT molecular complexity index is 2840. The highest BCUT2D eigenvalue weighted by molar-refractivity contribution is 7.26. The number of benzene rings is 8. The summed E-state index contributed by atoms with van der Waals surface area (Å²) in [5.41, 5.74) is 8.17. The van der Waals surface area contributed by atoms with Crippen LogP contribution in [0.3, 0.4) is 0 Å². The molecule has 0 saturated heterocycles. The second kappa shape index (κ2) is 11.2. The van der Waals surface area contributed by atoms with E-state index < -0.39 is 0 Å². The van der Waals surface area contributed by atoms with E-state index >= 15 is 0 Å². The molecule has 0 unspecified atom stereocenters. The highest BCUT2D eigenvalue weighted by Crippen LogP contribution is 2.48. The van der Waals surface area contributed by atoms with E-state index in [0.29, 0.717) is 5.89 Å². The molecular formula is C45H28N2OS. The van der Waals surface area contributed by atoms with Crippen LogP contribution in [-0.4, -0.2) is 4.98 Å². The van der Waals surface area contributed by atoms with Crippen molar-refractivity contribution in [1.29, 1.82) is 0 Å². The minimum Gasteiger partial charge on any atom is -0.436 e. The van der Waals surface area contributed by atoms with Gasteiger partial charge in [0.2, 0.25) is 5.89 Å². The van der Waals surface area contributed by atoms with Crippen molar-refractivity contribution in [2.45, 2.75) is 0 Å². The van der Waals surface area contributed by atoms with Crippen LogP contribution in [0.5, 0.6) is 0 Å². The molecule has 0 N–H and O–H groups in total. The third kappa shape index (κ3) is 4.76. The van der Waals surface area contributed by atoms with Crippen LogP contribution in [0.1, 0.15) is 0 Å². The first-order valence-electron chi connectivity index (χ1n) is 16.4. The van der Waals surface area contributed by atoms with Crippen molar-refractivity contribution in [3.8, 4) is 22.6 Å². The van der Waals surface area contributed by atoms with Gasteiger partial charge >= 0.3 is 0 Å². The van der Waals surface area contributed by atoms with Crippen molar-refractivity contribution in [2.75, 3.05) is 4.90 Å². The van der Waals surface area contributed by atoms with Crippen molar-refractivity contribution in [3.05, 3.63) is 170 Å². The van der Waals surface area contributed by atoms with Crippen LogP contribution in [0.15, 0.2) is 174 Å². The topological polar surface area (TPSA) is 29.3 Å². The van der Waals surface area contributed by atoms with Crippen LogP contribution >= 0.6 is 11.3 Å². The smallest absolute Gasteiger partial charge is 0.227 e. The Morgan fingerprint density at radius 1 is 0.469 bits per heavy atom. The minimum atomic E-state index is 0.632. The maximum absolute atomic E-state index is 6.19.